The van der Waals surface area contributed by atoms with Crippen molar-refractivity contribution >= 4 is 5.91 Å². The van der Waals surface area contributed by atoms with Crippen molar-refractivity contribution in [2.24, 2.45) is 5.73 Å². The minimum Gasteiger partial charge on any atom is -0.352 e. The molecule has 1 amide bonds. The molecule has 1 heterocycles. The summed E-state index contributed by atoms with van der Waals surface area (Å²) in [6.07, 6.45) is 1.99. The average Bonchev–Trinajstić information content (AvgIpc) is 2.48. The van der Waals surface area contributed by atoms with Crippen molar-refractivity contribution in [3.8, 4) is 0 Å². The molecule has 20 heavy (non-hydrogen) atoms. The molecular formula is C16H25N3O. The summed E-state index contributed by atoms with van der Waals surface area (Å²) in [6, 6.07) is 10.9. The zero-order valence-electron chi connectivity index (χ0n) is 12.4. The number of carbonyl (C=O) groups is 1. The molecule has 1 aromatic rings. The molecule has 4 nitrogen and oxygen atoms in total. The molecule has 0 bridgehead atoms. The highest BCUT2D eigenvalue weighted by atomic mass is 16.2. The first-order chi connectivity index (χ1) is 9.58. The number of benzene rings is 1. The van der Waals surface area contributed by atoms with E-state index in [1.807, 2.05) is 6.07 Å². The van der Waals surface area contributed by atoms with Crippen LogP contribution in [0.5, 0.6) is 0 Å². The Balaban J connectivity index is 1.84. The maximum Gasteiger partial charge on any atom is 0.236 e. The molecule has 110 valence electrons. The summed E-state index contributed by atoms with van der Waals surface area (Å²) in [5.74, 6) is -0.0421. The van der Waals surface area contributed by atoms with E-state index in [0.717, 1.165) is 25.9 Å². The van der Waals surface area contributed by atoms with E-state index in [2.05, 4.69) is 41.4 Å². The molecule has 4 heteroatoms. The van der Waals surface area contributed by atoms with Crippen molar-refractivity contribution < 1.29 is 4.79 Å². The second kappa shape index (κ2) is 6.86. The Kier molecular flexibility index (Phi) is 5.15. The molecule has 1 saturated heterocycles. The van der Waals surface area contributed by atoms with Crippen LogP contribution in [0.25, 0.3) is 0 Å². The van der Waals surface area contributed by atoms with Crippen LogP contribution in [0.3, 0.4) is 0 Å². The lowest BCUT2D eigenvalue weighted by molar-refractivity contribution is -0.123. The van der Waals surface area contributed by atoms with Gasteiger partial charge in [-0.1, -0.05) is 30.3 Å². The van der Waals surface area contributed by atoms with Gasteiger partial charge in [-0.15, -0.1) is 0 Å². The molecule has 2 atom stereocenters. The summed E-state index contributed by atoms with van der Waals surface area (Å²) in [5.41, 5.74) is 6.93. The molecule has 1 aromatic carbocycles. The van der Waals surface area contributed by atoms with Gasteiger partial charge >= 0.3 is 0 Å². The zero-order valence-corrected chi connectivity index (χ0v) is 12.4. The van der Waals surface area contributed by atoms with Gasteiger partial charge in [0.1, 0.15) is 0 Å². The molecule has 0 radical (unpaired) electrons. The number of hydrogen-bond acceptors (Lipinski definition) is 3. The van der Waals surface area contributed by atoms with Crippen molar-refractivity contribution in [1.82, 2.24) is 10.2 Å². The van der Waals surface area contributed by atoms with E-state index in [1.54, 1.807) is 6.92 Å². The number of nitrogens with zero attached hydrogens (tertiary/aromatic N) is 1. The summed E-state index contributed by atoms with van der Waals surface area (Å²) < 4.78 is 0. The van der Waals surface area contributed by atoms with Gasteiger partial charge in [0.2, 0.25) is 5.91 Å². The van der Waals surface area contributed by atoms with Crippen molar-refractivity contribution in [3.63, 3.8) is 0 Å². The summed E-state index contributed by atoms with van der Waals surface area (Å²) in [6.45, 7) is 6.00. The number of rotatable bonds is 4. The number of likely N-dealkylation sites (tertiary alicyclic amines) is 1. The Bertz CT molecular complexity index is 425. The van der Waals surface area contributed by atoms with Gasteiger partial charge in [-0.3, -0.25) is 9.69 Å². The Morgan fingerprint density at radius 2 is 1.85 bits per heavy atom. The van der Waals surface area contributed by atoms with Crippen LogP contribution >= 0.6 is 0 Å². The fourth-order valence-electron chi connectivity index (χ4n) is 2.71. The Morgan fingerprint density at radius 1 is 1.25 bits per heavy atom. The molecule has 0 saturated carbocycles. The standard InChI is InChI=1S/C16H25N3O/c1-12(17)16(20)18-15-8-10-19(11-9-15)13(2)14-6-4-3-5-7-14/h3-7,12-13,15H,8-11,17H2,1-2H3,(H,18,20)/t12-,13?/m1/s1. The van der Waals surface area contributed by atoms with Gasteiger partial charge in [0.25, 0.3) is 0 Å². The van der Waals surface area contributed by atoms with Gasteiger partial charge in [0.05, 0.1) is 6.04 Å². The minimum atomic E-state index is -0.420. The fourth-order valence-corrected chi connectivity index (χ4v) is 2.71. The summed E-state index contributed by atoms with van der Waals surface area (Å²) in [5, 5.41) is 3.03. The third-order valence-corrected chi connectivity index (χ3v) is 4.12. The summed E-state index contributed by atoms with van der Waals surface area (Å²) in [4.78, 5) is 14.1. The quantitative estimate of drug-likeness (QED) is 0.879. The van der Waals surface area contributed by atoms with Crippen LogP contribution in [0, 0.1) is 0 Å². The Morgan fingerprint density at radius 3 is 2.40 bits per heavy atom. The van der Waals surface area contributed by atoms with Gasteiger partial charge < -0.3 is 11.1 Å². The predicted molar refractivity (Wildman–Crippen MR) is 81.2 cm³/mol. The van der Waals surface area contributed by atoms with Crippen LogP contribution in [0.1, 0.15) is 38.3 Å². The average molecular weight is 275 g/mol. The second-order valence-corrected chi connectivity index (χ2v) is 5.69. The van der Waals surface area contributed by atoms with E-state index in [4.69, 9.17) is 5.73 Å². The van der Waals surface area contributed by atoms with Crippen LogP contribution in [-0.2, 0) is 4.79 Å². The Hall–Kier alpha value is -1.39. The van der Waals surface area contributed by atoms with Crippen LogP contribution in [0.4, 0.5) is 0 Å². The molecule has 0 spiro atoms. The molecular weight excluding hydrogens is 250 g/mol. The van der Waals surface area contributed by atoms with Crippen molar-refractivity contribution in [2.45, 2.75) is 44.8 Å². The number of nitrogens with two attached hydrogens (primary N) is 1. The first-order valence-corrected chi connectivity index (χ1v) is 7.43. The molecule has 0 aromatic heterocycles. The maximum absolute atomic E-state index is 11.6. The highest BCUT2D eigenvalue weighted by Crippen LogP contribution is 2.23. The lowest BCUT2D eigenvalue weighted by atomic mass is 10.00. The van der Waals surface area contributed by atoms with Crippen molar-refractivity contribution in [3.05, 3.63) is 35.9 Å². The van der Waals surface area contributed by atoms with E-state index < -0.39 is 6.04 Å². The maximum atomic E-state index is 11.6. The molecule has 1 aliphatic heterocycles. The van der Waals surface area contributed by atoms with Crippen LogP contribution in [-0.4, -0.2) is 36.0 Å². The van der Waals surface area contributed by atoms with E-state index in [-0.39, 0.29) is 11.9 Å². The summed E-state index contributed by atoms with van der Waals surface area (Å²) in [7, 11) is 0. The number of hydrogen-bond donors (Lipinski definition) is 2. The van der Waals surface area contributed by atoms with Crippen LogP contribution < -0.4 is 11.1 Å². The van der Waals surface area contributed by atoms with Crippen molar-refractivity contribution in [1.29, 1.82) is 0 Å². The first kappa shape index (κ1) is 15.0. The van der Waals surface area contributed by atoms with Gasteiger partial charge in [0, 0.05) is 25.2 Å². The van der Waals surface area contributed by atoms with Crippen molar-refractivity contribution in [2.75, 3.05) is 13.1 Å². The largest absolute Gasteiger partial charge is 0.352 e. The normalized spacial score (nSPS) is 20.4. The molecule has 1 fully saturated rings. The van der Waals surface area contributed by atoms with Gasteiger partial charge in [-0.05, 0) is 32.3 Å². The SMILES string of the molecule is CC(c1ccccc1)N1CCC(NC(=O)[C@@H](C)N)CC1. The highest BCUT2D eigenvalue weighted by molar-refractivity contribution is 5.81. The molecule has 1 aliphatic rings. The molecule has 3 N–H and O–H groups in total. The third kappa shape index (κ3) is 3.81. The lowest BCUT2D eigenvalue weighted by Gasteiger charge is -2.36. The monoisotopic (exact) mass is 275 g/mol. The second-order valence-electron chi connectivity index (χ2n) is 5.69. The summed E-state index contributed by atoms with van der Waals surface area (Å²) >= 11 is 0. The van der Waals surface area contributed by atoms with Crippen LogP contribution in [0.15, 0.2) is 30.3 Å². The first-order valence-electron chi connectivity index (χ1n) is 7.43. The number of piperidine rings is 1. The van der Waals surface area contributed by atoms with E-state index in [0.29, 0.717) is 6.04 Å². The minimum absolute atomic E-state index is 0.0421. The molecule has 1 unspecified atom stereocenters. The van der Waals surface area contributed by atoms with Gasteiger partial charge in [0.15, 0.2) is 0 Å². The lowest BCUT2D eigenvalue weighted by Crippen LogP contribution is -2.49. The van der Waals surface area contributed by atoms with E-state index in [9.17, 15) is 4.79 Å². The topological polar surface area (TPSA) is 58.4 Å². The third-order valence-electron chi connectivity index (χ3n) is 4.12. The smallest absolute Gasteiger partial charge is 0.236 e. The molecule has 0 aliphatic carbocycles. The van der Waals surface area contributed by atoms with E-state index in [1.165, 1.54) is 5.56 Å². The number of amides is 1. The number of nitrogens with one attached hydrogen (secondary N) is 1. The van der Waals surface area contributed by atoms with E-state index >= 15 is 0 Å². The predicted octanol–water partition coefficient (Wildman–Crippen LogP) is 1.68. The molecule has 2 rings (SSSR count). The number of carbonyl (C=O) groups excluding carboxylic acids is 1. The van der Waals surface area contributed by atoms with Crippen LogP contribution in [0.2, 0.25) is 0 Å². The fraction of sp³-hybridized carbons (Fsp3) is 0.562. The van der Waals surface area contributed by atoms with Gasteiger partial charge in [-0.25, -0.2) is 0 Å². The Labute approximate surface area is 121 Å². The van der Waals surface area contributed by atoms with Gasteiger partial charge in [-0.2, -0.15) is 0 Å². The zero-order chi connectivity index (χ0) is 14.5. The highest BCUT2D eigenvalue weighted by Gasteiger charge is 2.24.